The van der Waals surface area contributed by atoms with Crippen LogP contribution in [-0.2, 0) is 17.8 Å². The molecule has 204 valence electrons. The minimum atomic E-state index is -5.08. The molecule has 1 heterocycles. The zero-order valence-electron chi connectivity index (χ0n) is 21.6. The lowest BCUT2D eigenvalue weighted by molar-refractivity contribution is -0.192. The van der Waals surface area contributed by atoms with E-state index in [1.165, 1.54) is 11.1 Å². The fourth-order valence-corrected chi connectivity index (χ4v) is 3.39. The van der Waals surface area contributed by atoms with E-state index < -0.39 is 12.1 Å². The number of carbonyl (C=O) groups is 2. The third-order valence-corrected chi connectivity index (χ3v) is 5.80. The number of aliphatic carboxylic acids is 1. The van der Waals surface area contributed by atoms with E-state index in [1.54, 1.807) is 6.20 Å². The molecule has 38 heavy (non-hydrogen) atoms. The van der Waals surface area contributed by atoms with E-state index >= 15 is 0 Å². The molecular weight excluding hydrogens is 495 g/mol. The Labute approximate surface area is 221 Å². The van der Waals surface area contributed by atoms with Crippen molar-refractivity contribution in [3.63, 3.8) is 0 Å². The monoisotopic (exact) mass is 529 g/mol. The number of hydrogen-bond donors (Lipinski definition) is 3. The van der Waals surface area contributed by atoms with Gasteiger partial charge >= 0.3 is 12.1 Å². The molecular formula is C29H34F3N3O3. The number of nitrogens with zero attached hydrogens (tertiary/aromatic N) is 1. The van der Waals surface area contributed by atoms with Crippen LogP contribution in [0, 0.1) is 5.92 Å². The van der Waals surface area contributed by atoms with Crippen LogP contribution in [0.25, 0.3) is 11.1 Å². The SMILES string of the molecule is CC[C@H](C)CNC(=O)c1cncc(-c2cccc(CNCCCc3ccccc3)c2)c1.O=C(O)C(F)(F)F. The molecule has 0 aliphatic heterocycles. The number of rotatable bonds is 11. The van der Waals surface area contributed by atoms with Gasteiger partial charge in [0.25, 0.3) is 5.91 Å². The molecule has 1 atom stereocenters. The first-order chi connectivity index (χ1) is 18.1. The summed E-state index contributed by atoms with van der Waals surface area (Å²) < 4.78 is 31.7. The number of benzene rings is 2. The Morgan fingerprint density at radius 2 is 1.66 bits per heavy atom. The number of carbonyl (C=O) groups excluding carboxylic acids is 1. The van der Waals surface area contributed by atoms with Gasteiger partial charge in [0.05, 0.1) is 5.56 Å². The number of aromatic nitrogens is 1. The number of carboxylic acid groups (broad SMARTS) is 1. The fourth-order valence-electron chi connectivity index (χ4n) is 3.39. The van der Waals surface area contributed by atoms with Crippen LogP contribution >= 0.6 is 0 Å². The number of nitrogens with one attached hydrogen (secondary N) is 2. The molecule has 0 fully saturated rings. The quantitative estimate of drug-likeness (QED) is 0.270. The third kappa shape index (κ3) is 11.1. The summed E-state index contributed by atoms with van der Waals surface area (Å²) in [5.74, 6) is -2.35. The van der Waals surface area contributed by atoms with Crippen molar-refractivity contribution in [1.29, 1.82) is 0 Å². The van der Waals surface area contributed by atoms with Crippen LogP contribution in [0.2, 0.25) is 0 Å². The summed E-state index contributed by atoms with van der Waals surface area (Å²) >= 11 is 0. The number of aryl methyl sites for hydroxylation is 1. The molecule has 0 saturated heterocycles. The maximum absolute atomic E-state index is 12.5. The second kappa shape index (κ2) is 15.5. The van der Waals surface area contributed by atoms with Gasteiger partial charge in [0.2, 0.25) is 0 Å². The van der Waals surface area contributed by atoms with Gasteiger partial charge in [-0.25, -0.2) is 4.79 Å². The summed E-state index contributed by atoms with van der Waals surface area (Å²) in [6.07, 6.45) is 1.62. The Bertz CT molecular complexity index is 1150. The van der Waals surface area contributed by atoms with Gasteiger partial charge in [-0.15, -0.1) is 0 Å². The standard InChI is InChI=1S/C27H33N3O.C2HF3O2/c1-3-21(2)17-30-27(31)26-16-25(19-29-20-26)24-13-7-11-23(15-24)18-28-14-8-12-22-9-5-4-6-10-22;3-2(4,5)1(6)7/h4-7,9-11,13,15-16,19-21,28H,3,8,12,14,17-18H2,1-2H3,(H,30,31);(H,6,7)/t21-;/m0./s1. The van der Waals surface area contributed by atoms with Crippen molar-refractivity contribution in [2.75, 3.05) is 13.1 Å². The van der Waals surface area contributed by atoms with E-state index in [2.05, 4.69) is 84.1 Å². The van der Waals surface area contributed by atoms with Crippen molar-refractivity contribution >= 4 is 11.9 Å². The first kappa shape index (κ1) is 30.5. The fraction of sp³-hybridized carbons (Fsp3) is 0.345. The zero-order chi connectivity index (χ0) is 28.0. The second-order valence-electron chi connectivity index (χ2n) is 8.95. The normalized spacial score (nSPS) is 11.7. The van der Waals surface area contributed by atoms with Crippen molar-refractivity contribution in [3.05, 3.63) is 89.7 Å². The van der Waals surface area contributed by atoms with Gasteiger partial charge in [-0.05, 0) is 54.1 Å². The minimum absolute atomic E-state index is 0.0640. The molecule has 3 N–H and O–H groups in total. The van der Waals surface area contributed by atoms with Crippen LogP contribution in [0.3, 0.4) is 0 Å². The Morgan fingerprint density at radius 3 is 2.32 bits per heavy atom. The molecule has 0 spiro atoms. The lowest BCUT2D eigenvalue weighted by atomic mass is 10.0. The molecule has 0 unspecified atom stereocenters. The summed E-state index contributed by atoms with van der Waals surface area (Å²) in [5, 5.41) is 13.7. The molecule has 0 aliphatic rings. The lowest BCUT2D eigenvalue weighted by Gasteiger charge is -2.11. The number of alkyl halides is 3. The highest BCUT2D eigenvalue weighted by Crippen LogP contribution is 2.21. The molecule has 9 heteroatoms. The van der Waals surface area contributed by atoms with Gasteiger partial charge in [0.15, 0.2) is 0 Å². The average molecular weight is 530 g/mol. The number of pyridine rings is 1. The van der Waals surface area contributed by atoms with E-state index in [1.807, 2.05) is 12.3 Å². The number of amides is 1. The highest BCUT2D eigenvalue weighted by Gasteiger charge is 2.38. The zero-order valence-corrected chi connectivity index (χ0v) is 21.6. The van der Waals surface area contributed by atoms with Gasteiger partial charge in [-0.1, -0.05) is 68.8 Å². The first-order valence-electron chi connectivity index (χ1n) is 12.5. The number of carboxylic acids is 1. The van der Waals surface area contributed by atoms with Crippen LogP contribution < -0.4 is 10.6 Å². The Balaban J connectivity index is 0.000000638. The van der Waals surface area contributed by atoms with Crippen molar-refractivity contribution < 1.29 is 27.9 Å². The van der Waals surface area contributed by atoms with Crippen LogP contribution in [-0.4, -0.2) is 41.2 Å². The van der Waals surface area contributed by atoms with Crippen molar-refractivity contribution in [2.45, 2.75) is 45.8 Å². The Kier molecular flexibility index (Phi) is 12.5. The molecule has 1 aromatic heterocycles. The lowest BCUT2D eigenvalue weighted by Crippen LogP contribution is -2.28. The second-order valence-corrected chi connectivity index (χ2v) is 8.95. The van der Waals surface area contributed by atoms with Crippen LogP contribution in [0.4, 0.5) is 13.2 Å². The van der Waals surface area contributed by atoms with Crippen molar-refractivity contribution in [3.8, 4) is 11.1 Å². The van der Waals surface area contributed by atoms with Crippen LogP contribution in [0.15, 0.2) is 73.1 Å². The molecule has 6 nitrogen and oxygen atoms in total. The Hall–Kier alpha value is -3.72. The molecule has 0 radical (unpaired) electrons. The summed E-state index contributed by atoms with van der Waals surface area (Å²) in [4.78, 5) is 25.7. The van der Waals surface area contributed by atoms with Gasteiger partial charge < -0.3 is 15.7 Å². The van der Waals surface area contributed by atoms with Gasteiger partial charge in [-0.2, -0.15) is 13.2 Å². The molecule has 3 rings (SSSR count). The largest absolute Gasteiger partial charge is 0.490 e. The summed E-state index contributed by atoms with van der Waals surface area (Å²) in [6, 6.07) is 20.9. The predicted octanol–water partition coefficient (Wildman–Crippen LogP) is 5.88. The number of halogens is 3. The van der Waals surface area contributed by atoms with E-state index in [0.717, 1.165) is 43.5 Å². The van der Waals surface area contributed by atoms with Gasteiger partial charge in [0, 0.05) is 31.0 Å². The van der Waals surface area contributed by atoms with Crippen molar-refractivity contribution in [1.82, 2.24) is 15.6 Å². The topological polar surface area (TPSA) is 91.3 Å². The molecule has 2 aromatic carbocycles. The third-order valence-electron chi connectivity index (χ3n) is 5.80. The molecule has 3 aromatic rings. The highest BCUT2D eigenvalue weighted by atomic mass is 19.4. The molecule has 0 bridgehead atoms. The maximum Gasteiger partial charge on any atom is 0.490 e. The van der Waals surface area contributed by atoms with Crippen LogP contribution in [0.5, 0.6) is 0 Å². The summed E-state index contributed by atoms with van der Waals surface area (Å²) in [7, 11) is 0. The smallest absolute Gasteiger partial charge is 0.475 e. The highest BCUT2D eigenvalue weighted by molar-refractivity contribution is 5.95. The van der Waals surface area contributed by atoms with Gasteiger partial charge in [-0.3, -0.25) is 9.78 Å². The summed E-state index contributed by atoms with van der Waals surface area (Å²) in [5.41, 5.74) is 5.25. The van der Waals surface area contributed by atoms with E-state index in [4.69, 9.17) is 9.90 Å². The number of hydrogen-bond acceptors (Lipinski definition) is 4. The predicted molar refractivity (Wildman–Crippen MR) is 142 cm³/mol. The molecule has 0 saturated carbocycles. The van der Waals surface area contributed by atoms with E-state index in [9.17, 15) is 18.0 Å². The molecule has 0 aliphatic carbocycles. The van der Waals surface area contributed by atoms with Crippen molar-refractivity contribution in [2.24, 2.45) is 5.92 Å². The maximum atomic E-state index is 12.5. The Morgan fingerprint density at radius 1 is 0.974 bits per heavy atom. The molecule has 1 amide bonds. The average Bonchev–Trinajstić information content (AvgIpc) is 2.92. The van der Waals surface area contributed by atoms with E-state index in [0.29, 0.717) is 18.0 Å². The van der Waals surface area contributed by atoms with E-state index in [-0.39, 0.29) is 5.91 Å². The van der Waals surface area contributed by atoms with Gasteiger partial charge in [0.1, 0.15) is 0 Å². The summed E-state index contributed by atoms with van der Waals surface area (Å²) in [6.45, 7) is 6.75. The minimum Gasteiger partial charge on any atom is -0.475 e. The van der Waals surface area contributed by atoms with Crippen LogP contribution in [0.1, 0.15) is 48.2 Å². The first-order valence-corrected chi connectivity index (χ1v) is 12.5.